The van der Waals surface area contributed by atoms with Gasteiger partial charge < -0.3 is 36.2 Å². The van der Waals surface area contributed by atoms with Crippen LogP contribution in [0.3, 0.4) is 0 Å². The number of hydrogen-bond donors (Lipinski definition) is 6. The number of aryl methyl sites for hydroxylation is 2. The minimum absolute atomic E-state index is 0.157. The van der Waals surface area contributed by atoms with Gasteiger partial charge in [-0.25, -0.2) is 4.99 Å². The number of aliphatic hydroxyl groups is 1. The molecule has 0 spiro atoms. The number of hydrogen-bond acceptors (Lipinski definition) is 12. The maximum absolute atomic E-state index is 13.2. The number of unbranched alkanes of at least 4 members (excludes halogenated alkanes) is 1. The first-order valence-electron chi connectivity index (χ1n) is 22.6. The summed E-state index contributed by atoms with van der Waals surface area (Å²) in [6.45, 7) is 12.1. The summed E-state index contributed by atoms with van der Waals surface area (Å²) in [7, 11) is 0. The van der Waals surface area contributed by atoms with Crippen molar-refractivity contribution in [2.75, 3.05) is 61.3 Å². The second-order valence-corrected chi connectivity index (χ2v) is 17.2. The van der Waals surface area contributed by atoms with Crippen LogP contribution in [0.2, 0.25) is 0 Å². The molecule has 332 valence electrons. The largest absolute Gasteiger partial charge is 0.385 e. The number of allylic oxidation sites excluding steroid dienone is 1. The quantitative estimate of drug-likeness (QED) is 0.0608. The number of piperidine rings is 1. The number of aromatic nitrogens is 1. The van der Waals surface area contributed by atoms with Crippen molar-refractivity contribution in [3.05, 3.63) is 107 Å². The predicted octanol–water partition coefficient (Wildman–Crippen LogP) is 4.35. The van der Waals surface area contributed by atoms with E-state index in [0.717, 1.165) is 111 Å². The lowest BCUT2D eigenvalue weighted by Gasteiger charge is -2.36. The molecule has 4 aliphatic heterocycles. The third-order valence-corrected chi connectivity index (χ3v) is 13.1. The molecule has 1 aliphatic carbocycles. The van der Waals surface area contributed by atoms with Crippen molar-refractivity contribution in [3.8, 4) is 0 Å². The third-order valence-electron chi connectivity index (χ3n) is 13.1. The van der Waals surface area contributed by atoms with Gasteiger partial charge in [-0.3, -0.25) is 34.4 Å². The Balaban J connectivity index is 0.769. The number of fused-ring (bicyclic) bond motifs is 2. The van der Waals surface area contributed by atoms with Crippen LogP contribution in [0.15, 0.2) is 83.5 Å². The summed E-state index contributed by atoms with van der Waals surface area (Å²) < 4.78 is 0. The van der Waals surface area contributed by atoms with Gasteiger partial charge in [-0.15, -0.1) is 6.58 Å². The van der Waals surface area contributed by atoms with Crippen LogP contribution >= 0.6 is 0 Å². The van der Waals surface area contributed by atoms with E-state index in [2.05, 4.69) is 84.4 Å². The fourth-order valence-electron chi connectivity index (χ4n) is 9.36. The standard InChI is InChI=1S/C48H60N10O5/c1-3-23-50-44(60)37-30-51-47(54-40(37)12-7-9-33-14-13-32-21-22-48(63,4-2)43(32)52-33)53-34-15-17-35(18-16-34)57-28-26-56(27-29-57)25-6-5-24-49-39-11-8-10-36-38(39)31-58(46(36)62)41-19-20-42(59)55-45(41)61/h3,8,10-11,13-18,30,41,47,49,53-54,63H,1,4-7,9,12,19-29,31H2,2H3,(H,50,60)(H,55,59,61)/t41?,47?,48-/m1/s1. The monoisotopic (exact) mass is 856 g/mol. The van der Waals surface area contributed by atoms with Crippen LogP contribution in [0.1, 0.15) is 91.2 Å². The van der Waals surface area contributed by atoms with Gasteiger partial charge in [0.05, 0.1) is 11.3 Å². The minimum Gasteiger partial charge on any atom is -0.385 e. The van der Waals surface area contributed by atoms with Crippen molar-refractivity contribution >= 4 is 46.9 Å². The summed E-state index contributed by atoms with van der Waals surface area (Å²) >= 11 is 0. The molecule has 0 radical (unpaired) electrons. The number of nitrogens with one attached hydrogen (secondary N) is 5. The first-order valence-corrected chi connectivity index (χ1v) is 22.6. The molecule has 15 heteroatoms. The molecule has 2 fully saturated rings. The van der Waals surface area contributed by atoms with E-state index in [0.29, 0.717) is 49.9 Å². The third kappa shape index (κ3) is 9.94. The van der Waals surface area contributed by atoms with E-state index < -0.39 is 23.8 Å². The van der Waals surface area contributed by atoms with Gasteiger partial charge >= 0.3 is 0 Å². The molecule has 4 amide bonds. The molecule has 0 saturated carbocycles. The van der Waals surface area contributed by atoms with E-state index in [9.17, 15) is 24.3 Å². The first-order chi connectivity index (χ1) is 30.6. The lowest BCUT2D eigenvalue weighted by molar-refractivity contribution is -0.137. The Kier molecular flexibility index (Phi) is 13.5. The van der Waals surface area contributed by atoms with Gasteiger partial charge in [-0.05, 0) is 112 Å². The molecule has 1 aromatic heterocycles. The van der Waals surface area contributed by atoms with Crippen molar-refractivity contribution in [1.29, 1.82) is 0 Å². The van der Waals surface area contributed by atoms with Crippen molar-refractivity contribution in [2.24, 2.45) is 4.99 Å². The van der Waals surface area contributed by atoms with E-state index in [-0.39, 0.29) is 24.1 Å². The number of amides is 4. The summed E-state index contributed by atoms with van der Waals surface area (Å²) in [5, 5.41) is 26.8. The molecule has 2 unspecified atom stereocenters. The van der Waals surface area contributed by atoms with Crippen LogP contribution in [0.4, 0.5) is 17.1 Å². The number of benzene rings is 2. The lowest BCUT2D eigenvalue weighted by Crippen LogP contribution is -2.52. The Labute approximate surface area is 369 Å². The second kappa shape index (κ2) is 19.5. The molecular weight excluding hydrogens is 797 g/mol. The van der Waals surface area contributed by atoms with Gasteiger partial charge in [0.1, 0.15) is 11.6 Å². The first kappa shape index (κ1) is 43.6. The lowest BCUT2D eigenvalue weighted by atomic mass is 9.97. The number of carbonyl (C=O) groups excluding carboxylic acids is 4. The number of carbonyl (C=O) groups is 4. The van der Waals surface area contributed by atoms with Gasteiger partial charge in [-0.1, -0.05) is 25.1 Å². The van der Waals surface area contributed by atoms with Crippen molar-refractivity contribution in [2.45, 2.75) is 95.6 Å². The van der Waals surface area contributed by atoms with Gasteiger partial charge in [0, 0.05) is 98.0 Å². The molecular formula is C48H60N10O5. The molecule has 2 aromatic carbocycles. The second-order valence-electron chi connectivity index (χ2n) is 17.2. The SMILES string of the molecule is C=CCNC(=O)C1=C(CCCc2ccc3c(n2)[C@@](O)(CC)CC3)NC(Nc2ccc(N3CCN(CCCCNc4cccc5c4CN(C4CCC(=O)NC4=O)C5=O)CC3)cc2)N=C1. The fourth-order valence-corrected chi connectivity index (χ4v) is 9.36. The fraction of sp³-hybridized carbons (Fsp3) is 0.458. The Morgan fingerprint density at radius 3 is 2.60 bits per heavy atom. The van der Waals surface area contributed by atoms with E-state index in [1.807, 2.05) is 25.1 Å². The number of nitrogens with zero attached hydrogens (tertiary/aromatic N) is 5. The van der Waals surface area contributed by atoms with Crippen LogP contribution in [0.5, 0.6) is 0 Å². The zero-order valence-corrected chi connectivity index (χ0v) is 36.3. The molecule has 8 rings (SSSR count). The number of piperazine rings is 1. The highest BCUT2D eigenvalue weighted by Crippen LogP contribution is 2.38. The summed E-state index contributed by atoms with van der Waals surface area (Å²) in [5.74, 6) is -1.04. The molecule has 63 heavy (non-hydrogen) atoms. The zero-order valence-electron chi connectivity index (χ0n) is 36.3. The number of imide groups is 1. The molecule has 6 N–H and O–H groups in total. The minimum atomic E-state index is -0.842. The Morgan fingerprint density at radius 2 is 1.83 bits per heavy atom. The topological polar surface area (TPSA) is 184 Å². The summed E-state index contributed by atoms with van der Waals surface area (Å²) in [5.41, 5.74) is 7.94. The summed E-state index contributed by atoms with van der Waals surface area (Å²) in [4.78, 5) is 66.4. The van der Waals surface area contributed by atoms with Crippen LogP contribution in [0.25, 0.3) is 0 Å². The maximum atomic E-state index is 13.2. The Bertz CT molecular complexity index is 2270. The van der Waals surface area contributed by atoms with Gasteiger partial charge in [-0.2, -0.15) is 0 Å². The highest BCUT2D eigenvalue weighted by atomic mass is 16.3. The Hall–Kier alpha value is -6.06. The van der Waals surface area contributed by atoms with E-state index in [1.54, 1.807) is 17.2 Å². The van der Waals surface area contributed by atoms with Crippen LogP contribution < -0.4 is 31.5 Å². The molecule has 3 aromatic rings. The number of pyridine rings is 1. The molecule has 5 heterocycles. The van der Waals surface area contributed by atoms with Gasteiger partial charge in [0.25, 0.3) is 11.8 Å². The predicted molar refractivity (Wildman–Crippen MR) is 244 cm³/mol. The van der Waals surface area contributed by atoms with E-state index in [1.165, 1.54) is 5.69 Å². The molecule has 0 bridgehead atoms. The zero-order chi connectivity index (χ0) is 43.9. The average Bonchev–Trinajstić information content (AvgIpc) is 3.82. The normalized spacial score (nSPS) is 22.1. The van der Waals surface area contributed by atoms with E-state index >= 15 is 0 Å². The van der Waals surface area contributed by atoms with Crippen LogP contribution in [-0.2, 0) is 39.4 Å². The number of rotatable bonds is 18. The van der Waals surface area contributed by atoms with Crippen LogP contribution in [0, 0.1) is 0 Å². The van der Waals surface area contributed by atoms with Gasteiger partial charge in [0.2, 0.25) is 11.8 Å². The smallest absolute Gasteiger partial charge is 0.255 e. The van der Waals surface area contributed by atoms with Gasteiger partial charge in [0.15, 0.2) is 6.29 Å². The highest BCUT2D eigenvalue weighted by Gasteiger charge is 2.40. The maximum Gasteiger partial charge on any atom is 0.255 e. The van der Waals surface area contributed by atoms with Crippen molar-refractivity contribution in [3.63, 3.8) is 0 Å². The average molecular weight is 857 g/mol. The molecule has 3 atom stereocenters. The summed E-state index contributed by atoms with van der Waals surface area (Å²) in [6, 6.07) is 17.7. The molecule has 15 nitrogen and oxygen atoms in total. The van der Waals surface area contributed by atoms with Crippen molar-refractivity contribution < 1.29 is 24.3 Å². The van der Waals surface area contributed by atoms with Crippen molar-refractivity contribution in [1.82, 2.24) is 30.7 Å². The summed E-state index contributed by atoms with van der Waals surface area (Å²) in [6.07, 6.45) is 9.84. The molecule has 5 aliphatic rings. The van der Waals surface area contributed by atoms with Crippen LogP contribution in [-0.4, -0.2) is 108 Å². The highest BCUT2D eigenvalue weighted by molar-refractivity contribution is 6.13. The number of anilines is 3. The molecule has 2 saturated heterocycles. The van der Waals surface area contributed by atoms with E-state index in [4.69, 9.17) is 4.98 Å². The number of aliphatic imine (C=N–C) groups is 1. The Morgan fingerprint density at radius 1 is 1.00 bits per heavy atom.